The molecule has 2 aromatic carbocycles. The van der Waals surface area contributed by atoms with Crippen molar-refractivity contribution < 1.29 is 19.4 Å². The van der Waals surface area contributed by atoms with E-state index in [1.165, 1.54) is 13.2 Å². The molecule has 6 heteroatoms. The minimum atomic E-state index is -0.677. The number of hydrogen-bond donors (Lipinski definition) is 1. The van der Waals surface area contributed by atoms with E-state index in [-0.39, 0.29) is 11.3 Å². The molecule has 0 bridgehead atoms. The van der Waals surface area contributed by atoms with Crippen LogP contribution in [0.3, 0.4) is 0 Å². The Bertz CT molecular complexity index is 998. The summed E-state index contributed by atoms with van der Waals surface area (Å²) in [6.45, 7) is 4.48. The third-order valence-electron chi connectivity index (χ3n) is 5.45. The van der Waals surface area contributed by atoms with Crippen LogP contribution < -0.4 is 4.74 Å². The predicted octanol–water partition coefficient (Wildman–Crippen LogP) is 5.27. The topological polar surface area (TPSA) is 66.8 Å². The van der Waals surface area contributed by atoms with Crippen LogP contribution in [0.2, 0.25) is 5.02 Å². The number of benzene rings is 2. The van der Waals surface area contributed by atoms with Crippen LogP contribution in [0.5, 0.6) is 5.75 Å². The second kappa shape index (κ2) is 9.35. The summed E-state index contributed by atoms with van der Waals surface area (Å²) in [5.41, 5.74) is 2.23. The van der Waals surface area contributed by atoms with Gasteiger partial charge in [0.05, 0.1) is 23.7 Å². The van der Waals surface area contributed by atoms with E-state index in [1.807, 2.05) is 31.2 Å². The summed E-state index contributed by atoms with van der Waals surface area (Å²) < 4.78 is 5.16. The fourth-order valence-corrected chi connectivity index (χ4v) is 4.09. The molecule has 1 heterocycles. The van der Waals surface area contributed by atoms with Gasteiger partial charge in [-0.1, -0.05) is 55.6 Å². The highest BCUT2D eigenvalue weighted by molar-refractivity contribution is 6.46. The third kappa shape index (κ3) is 4.08. The van der Waals surface area contributed by atoms with Crippen molar-refractivity contribution in [3.05, 3.63) is 69.8 Å². The molecule has 1 amide bonds. The van der Waals surface area contributed by atoms with E-state index >= 15 is 0 Å². The molecular weight excluding hydrogens is 402 g/mol. The summed E-state index contributed by atoms with van der Waals surface area (Å²) in [5, 5.41) is 11.4. The summed E-state index contributed by atoms with van der Waals surface area (Å²) in [6, 6.07) is 11.8. The van der Waals surface area contributed by atoms with Crippen LogP contribution in [0.15, 0.2) is 48.0 Å². The minimum Gasteiger partial charge on any atom is -0.507 e. The van der Waals surface area contributed by atoms with Crippen LogP contribution in [0.25, 0.3) is 5.76 Å². The number of nitrogens with zero attached hydrogens (tertiary/aromatic N) is 1. The zero-order valence-corrected chi connectivity index (χ0v) is 18.2. The van der Waals surface area contributed by atoms with E-state index in [0.717, 1.165) is 30.4 Å². The van der Waals surface area contributed by atoms with Crippen LogP contribution in [-0.2, 0) is 9.59 Å². The quantitative estimate of drug-likeness (QED) is 0.283. The van der Waals surface area contributed by atoms with Gasteiger partial charge >= 0.3 is 0 Å². The first-order chi connectivity index (χ1) is 14.4. The van der Waals surface area contributed by atoms with Gasteiger partial charge < -0.3 is 14.7 Å². The van der Waals surface area contributed by atoms with Crippen molar-refractivity contribution in [2.75, 3.05) is 13.7 Å². The number of rotatable bonds is 7. The Morgan fingerprint density at radius 2 is 1.90 bits per heavy atom. The Morgan fingerprint density at radius 1 is 1.17 bits per heavy atom. The SMILES string of the molecule is CCCCCN1C(=O)C(=O)/C(=C(/O)c2ccc(OC)c(Cl)c2)C1c1ccccc1C. The molecule has 158 valence electrons. The zero-order chi connectivity index (χ0) is 21.8. The second-order valence-corrected chi connectivity index (χ2v) is 7.81. The lowest BCUT2D eigenvalue weighted by Crippen LogP contribution is -2.31. The van der Waals surface area contributed by atoms with Crippen molar-refractivity contribution in [2.24, 2.45) is 0 Å². The molecule has 2 aromatic rings. The molecule has 30 heavy (non-hydrogen) atoms. The van der Waals surface area contributed by atoms with Gasteiger partial charge in [0.2, 0.25) is 0 Å². The number of carbonyl (C=O) groups is 2. The van der Waals surface area contributed by atoms with E-state index in [2.05, 4.69) is 6.92 Å². The normalized spacial score (nSPS) is 18.1. The minimum absolute atomic E-state index is 0.0898. The van der Waals surface area contributed by atoms with Gasteiger partial charge in [-0.15, -0.1) is 0 Å². The Hall–Kier alpha value is -2.79. The van der Waals surface area contributed by atoms with Crippen molar-refractivity contribution in [1.82, 2.24) is 4.90 Å². The van der Waals surface area contributed by atoms with Gasteiger partial charge in [0, 0.05) is 12.1 Å². The molecule has 0 aromatic heterocycles. The van der Waals surface area contributed by atoms with Crippen molar-refractivity contribution in [1.29, 1.82) is 0 Å². The number of ether oxygens (including phenoxy) is 1. The van der Waals surface area contributed by atoms with Crippen molar-refractivity contribution in [3.63, 3.8) is 0 Å². The van der Waals surface area contributed by atoms with E-state index in [1.54, 1.807) is 17.0 Å². The number of carbonyl (C=O) groups excluding carboxylic acids is 2. The maximum absolute atomic E-state index is 13.0. The predicted molar refractivity (Wildman–Crippen MR) is 118 cm³/mol. The third-order valence-corrected chi connectivity index (χ3v) is 5.75. The van der Waals surface area contributed by atoms with Gasteiger partial charge in [-0.05, 0) is 42.7 Å². The molecule has 1 fully saturated rings. The fourth-order valence-electron chi connectivity index (χ4n) is 3.83. The lowest BCUT2D eigenvalue weighted by atomic mass is 9.92. The van der Waals surface area contributed by atoms with Crippen LogP contribution >= 0.6 is 11.6 Å². The van der Waals surface area contributed by atoms with Gasteiger partial charge in [-0.2, -0.15) is 0 Å². The highest BCUT2D eigenvalue weighted by Crippen LogP contribution is 2.41. The van der Waals surface area contributed by atoms with Gasteiger partial charge in [0.15, 0.2) is 0 Å². The van der Waals surface area contributed by atoms with E-state index < -0.39 is 17.7 Å². The first kappa shape index (κ1) is 21.9. The summed E-state index contributed by atoms with van der Waals surface area (Å²) >= 11 is 6.22. The van der Waals surface area contributed by atoms with Crippen LogP contribution in [-0.4, -0.2) is 35.4 Å². The number of likely N-dealkylation sites (tertiary alicyclic amines) is 1. The average Bonchev–Trinajstić information content (AvgIpc) is 2.98. The average molecular weight is 428 g/mol. The van der Waals surface area contributed by atoms with Crippen molar-refractivity contribution >= 4 is 29.1 Å². The Balaban J connectivity index is 2.15. The Kier molecular flexibility index (Phi) is 6.83. The highest BCUT2D eigenvalue weighted by Gasteiger charge is 2.46. The molecule has 1 aliphatic heterocycles. The molecule has 1 atom stereocenters. The monoisotopic (exact) mass is 427 g/mol. The Labute approximate surface area is 181 Å². The molecule has 1 saturated heterocycles. The standard InChI is InChI=1S/C24H26ClNO4/c1-4-5-8-13-26-21(17-10-7-6-9-15(17)2)20(23(28)24(26)29)22(27)16-11-12-19(30-3)18(25)14-16/h6-7,9-12,14,21,27H,4-5,8,13H2,1-3H3/b22-20+. The summed E-state index contributed by atoms with van der Waals surface area (Å²) in [6.07, 6.45) is 2.75. The number of aliphatic hydroxyl groups excluding tert-OH is 1. The number of Topliss-reactive ketones (excluding diaryl/α,β-unsaturated/α-hetero) is 1. The summed E-state index contributed by atoms with van der Waals surface area (Å²) in [5.74, 6) is -1.03. The lowest BCUT2D eigenvalue weighted by molar-refractivity contribution is -0.139. The van der Waals surface area contributed by atoms with Crippen molar-refractivity contribution in [3.8, 4) is 5.75 Å². The molecule has 0 saturated carbocycles. The van der Waals surface area contributed by atoms with Crippen molar-refractivity contribution in [2.45, 2.75) is 39.2 Å². The maximum atomic E-state index is 13.0. The number of ketones is 1. The molecule has 0 aliphatic carbocycles. The second-order valence-electron chi connectivity index (χ2n) is 7.41. The van der Waals surface area contributed by atoms with Crippen LogP contribution in [0.1, 0.15) is 48.9 Å². The number of hydrogen-bond acceptors (Lipinski definition) is 4. The first-order valence-electron chi connectivity index (χ1n) is 10.1. The fraction of sp³-hybridized carbons (Fsp3) is 0.333. The molecule has 1 unspecified atom stereocenters. The van der Waals surface area contributed by atoms with Crippen LogP contribution in [0, 0.1) is 6.92 Å². The molecule has 0 spiro atoms. The first-order valence-corrected chi connectivity index (χ1v) is 10.5. The molecular formula is C24H26ClNO4. The number of amides is 1. The molecule has 0 radical (unpaired) electrons. The smallest absolute Gasteiger partial charge is 0.295 e. The largest absolute Gasteiger partial charge is 0.507 e. The number of unbranched alkanes of at least 4 members (excludes halogenated alkanes) is 2. The van der Waals surface area contributed by atoms with E-state index in [4.69, 9.17) is 16.3 Å². The van der Waals surface area contributed by atoms with Crippen LogP contribution in [0.4, 0.5) is 0 Å². The lowest BCUT2D eigenvalue weighted by Gasteiger charge is -2.26. The van der Waals surface area contributed by atoms with Gasteiger partial charge in [-0.25, -0.2) is 0 Å². The highest BCUT2D eigenvalue weighted by atomic mass is 35.5. The number of aliphatic hydroxyl groups is 1. The van der Waals surface area contributed by atoms with Gasteiger partial charge in [0.25, 0.3) is 11.7 Å². The summed E-state index contributed by atoms with van der Waals surface area (Å²) in [4.78, 5) is 27.5. The molecule has 3 rings (SSSR count). The molecule has 5 nitrogen and oxygen atoms in total. The summed E-state index contributed by atoms with van der Waals surface area (Å²) in [7, 11) is 1.50. The molecule has 1 aliphatic rings. The number of methoxy groups -OCH3 is 1. The van der Waals surface area contributed by atoms with E-state index in [0.29, 0.717) is 22.9 Å². The van der Waals surface area contributed by atoms with Gasteiger partial charge in [-0.3, -0.25) is 9.59 Å². The van der Waals surface area contributed by atoms with Gasteiger partial charge in [0.1, 0.15) is 11.5 Å². The van der Waals surface area contributed by atoms with E-state index in [9.17, 15) is 14.7 Å². The maximum Gasteiger partial charge on any atom is 0.295 e. The molecule has 1 N–H and O–H groups in total. The Morgan fingerprint density at radius 3 is 2.53 bits per heavy atom. The number of aryl methyl sites for hydroxylation is 1. The number of halogens is 1. The zero-order valence-electron chi connectivity index (χ0n) is 17.4.